The second kappa shape index (κ2) is 5.83. The van der Waals surface area contributed by atoms with Crippen molar-refractivity contribution in [2.24, 2.45) is 0 Å². The maximum Gasteiger partial charge on any atom is 0.337 e. The van der Waals surface area contributed by atoms with E-state index in [-0.39, 0.29) is 17.7 Å². The maximum absolute atomic E-state index is 11.9. The Labute approximate surface area is 114 Å². The lowest BCUT2D eigenvalue weighted by Gasteiger charge is -2.07. The summed E-state index contributed by atoms with van der Waals surface area (Å²) in [5, 5.41) is 20.9. The summed E-state index contributed by atoms with van der Waals surface area (Å²) < 4.78 is 0. The predicted octanol–water partition coefficient (Wildman–Crippen LogP) is 1.42. The van der Waals surface area contributed by atoms with Gasteiger partial charge in [-0.25, -0.2) is 9.78 Å². The van der Waals surface area contributed by atoms with Crippen LogP contribution in [0.5, 0.6) is 5.88 Å². The lowest BCUT2D eigenvalue weighted by molar-refractivity contribution is 0.0696. The van der Waals surface area contributed by atoms with Crippen molar-refractivity contribution < 1.29 is 19.8 Å². The number of carbonyl (C=O) groups is 2. The highest BCUT2D eigenvalue weighted by atomic mass is 16.4. The highest BCUT2D eigenvalue weighted by molar-refractivity contribution is 5.98. The van der Waals surface area contributed by atoms with E-state index in [0.29, 0.717) is 0 Å². The van der Waals surface area contributed by atoms with Gasteiger partial charge >= 0.3 is 5.97 Å². The summed E-state index contributed by atoms with van der Waals surface area (Å²) in [6, 6.07) is 10.3. The molecule has 0 aliphatic rings. The molecule has 3 N–H and O–H groups in total. The molecule has 0 spiro atoms. The third-order valence-electron chi connectivity index (χ3n) is 2.65. The number of hydrogen-bond acceptors (Lipinski definition) is 4. The number of aromatic nitrogens is 1. The molecule has 0 saturated carbocycles. The van der Waals surface area contributed by atoms with Crippen LogP contribution in [0, 0.1) is 0 Å². The van der Waals surface area contributed by atoms with Gasteiger partial charge in [0.15, 0.2) is 0 Å². The zero-order chi connectivity index (χ0) is 14.5. The molecule has 0 bridgehead atoms. The zero-order valence-electron chi connectivity index (χ0n) is 10.4. The fourth-order valence-corrected chi connectivity index (χ4v) is 1.62. The summed E-state index contributed by atoms with van der Waals surface area (Å²) in [6.45, 7) is 0.274. The molecular weight excluding hydrogens is 260 g/mol. The Hall–Kier alpha value is -2.89. The third-order valence-corrected chi connectivity index (χ3v) is 2.65. The number of benzene rings is 1. The van der Waals surface area contributed by atoms with Crippen LogP contribution in [-0.2, 0) is 6.54 Å². The topological polar surface area (TPSA) is 99.5 Å². The number of aromatic carboxylic acids is 1. The van der Waals surface area contributed by atoms with E-state index in [9.17, 15) is 14.7 Å². The van der Waals surface area contributed by atoms with Crippen molar-refractivity contribution >= 4 is 11.9 Å². The van der Waals surface area contributed by atoms with E-state index in [1.807, 2.05) is 30.3 Å². The van der Waals surface area contributed by atoms with Crippen LogP contribution in [0.3, 0.4) is 0 Å². The number of hydrogen-bond donors (Lipinski definition) is 3. The Morgan fingerprint density at radius 1 is 1.20 bits per heavy atom. The highest BCUT2D eigenvalue weighted by Gasteiger charge is 2.15. The first-order chi connectivity index (χ1) is 9.58. The number of aromatic hydroxyl groups is 1. The Morgan fingerprint density at radius 3 is 2.55 bits per heavy atom. The minimum atomic E-state index is -1.21. The molecule has 1 aromatic carbocycles. The molecule has 0 unspecified atom stereocenters. The van der Waals surface area contributed by atoms with E-state index < -0.39 is 17.8 Å². The molecule has 0 saturated heterocycles. The van der Waals surface area contributed by atoms with Crippen molar-refractivity contribution in [2.45, 2.75) is 6.54 Å². The summed E-state index contributed by atoms with van der Waals surface area (Å²) in [6.07, 6.45) is 0.992. The van der Waals surface area contributed by atoms with E-state index in [1.165, 1.54) is 0 Å². The zero-order valence-corrected chi connectivity index (χ0v) is 10.4. The molecule has 1 heterocycles. The smallest absolute Gasteiger partial charge is 0.337 e. The standard InChI is InChI=1S/C14H12N2O4/c17-12(15-7-9-4-2-1-3-5-9)11-6-10(14(19)20)8-16-13(11)18/h1-6,8H,7H2,(H,15,17)(H,16,18)(H,19,20). The van der Waals surface area contributed by atoms with Gasteiger partial charge in [-0.1, -0.05) is 30.3 Å². The first kappa shape index (κ1) is 13.5. The quantitative estimate of drug-likeness (QED) is 0.781. The molecule has 20 heavy (non-hydrogen) atoms. The van der Waals surface area contributed by atoms with E-state index in [2.05, 4.69) is 10.3 Å². The summed E-state index contributed by atoms with van der Waals surface area (Å²) in [5.74, 6) is -2.29. The van der Waals surface area contributed by atoms with E-state index >= 15 is 0 Å². The van der Waals surface area contributed by atoms with Crippen LogP contribution in [0.1, 0.15) is 26.3 Å². The normalized spacial score (nSPS) is 10.0. The lowest BCUT2D eigenvalue weighted by Crippen LogP contribution is -2.23. The number of carboxylic acid groups (broad SMARTS) is 1. The number of carboxylic acids is 1. The minimum absolute atomic E-state index is 0.160. The molecule has 2 aromatic rings. The molecule has 6 nitrogen and oxygen atoms in total. The van der Waals surface area contributed by atoms with Crippen molar-refractivity contribution in [1.82, 2.24) is 10.3 Å². The first-order valence-corrected chi connectivity index (χ1v) is 5.82. The van der Waals surface area contributed by atoms with Crippen LogP contribution >= 0.6 is 0 Å². The summed E-state index contributed by atoms with van der Waals surface area (Å²) in [7, 11) is 0. The minimum Gasteiger partial charge on any atom is -0.493 e. The van der Waals surface area contributed by atoms with Gasteiger partial charge in [-0.05, 0) is 11.6 Å². The van der Waals surface area contributed by atoms with Crippen molar-refractivity contribution in [1.29, 1.82) is 0 Å². The van der Waals surface area contributed by atoms with Crippen LogP contribution in [-0.4, -0.2) is 27.1 Å². The second-order valence-electron chi connectivity index (χ2n) is 4.07. The van der Waals surface area contributed by atoms with Gasteiger partial charge in [0.25, 0.3) is 5.91 Å². The molecule has 0 aliphatic heterocycles. The SMILES string of the molecule is O=C(O)c1cnc(O)c(C(=O)NCc2ccccc2)c1. The van der Waals surface area contributed by atoms with E-state index in [0.717, 1.165) is 17.8 Å². The van der Waals surface area contributed by atoms with Crippen molar-refractivity contribution in [2.75, 3.05) is 0 Å². The van der Waals surface area contributed by atoms with Gasteiger partial charge in [0, 0.05) is 12.7 Å². The largest absolute Gasteiger partial charge is 0.493 e. The average molecular weight is 272 g/mol. The molecule has 1 amide bonds. The average Bonchev–Trinajstić information content (AvgIpc) is 2.46. The molecule has 1 aromatic heterocycles. The molecule has 0 aliphatic carbocycles. The highest BCUT2D eigenvalue weighted by Crippen LogP contribution is 2.15. The van der Waals surface area contributed by atoms with Gasteiger partial charge in [0.1, 0.15) is 5.56 Å². The van der Waals surface area contributed by atoms with E-state index in [4.69, 9.17) is 5.11 Å². The Kier molecular flexibility index (Phi) is 3.95. The molecule has 102 valence electrons. The number of nitrogens with one attached hydrogen (secondary N) is 1. The predicted molar refractivity (Wildman–Crippen MR) is 70.5 cm³/mol. The molecule has 2 rings (SSSR count). The number of pyridine rings is 1. The Balaban J connectivity index is 2.13. The molecule has 0 atom stereocenters. The number of carbonyl (C=O) groups excluding carboxylic acids is 1. The Morgan fingerprint density at radius 2 is 1.90 bits per heavy atom. The first-order valence-electron chi connectivity index (χ1n) is 5.82. The molecule has 6 heteroatoms. The van der Waals surface area contributed by atoms with Crippen LogP contribution in [0.15, 0.2) is 42.6 Å². The third kappa shape index (κ3) is 3.11. The van der Waals surface area contributed by atoms with Crippen molar-refractivity contribution in [3.8, 4) is 5.88 Å². The summed E-state index contributed by atoms with van der Waals surface area (Å²) >= 11 is 0. The number of nitrogens with zero attached hydrogens (tertiary/aromatic N) is 1. The van der Waals surface area contributed by atoms with Gasteiger partial charge in [0.05, 0.1) is 5.56 Å². The number of amides is 1. The fraction of sp³-hybridized carbons (Fsp3) is 0.0714. The van der Waals surface area contributed by atoms with Crippen LogP contribution in [0.2, 0.25) is 0 Å². The monoisotopic (exact) mass is 272 g/mol. The van der Waals surface area contributed by atoms with Gasteiger partial charge in [-0.3, -0.25) is 4.79 Å². The fourth-order valence-electron chi connectivity index (χ4n) is 1.62. The molecule has 0 radical (unpaired) electrons. The maximum atomic E-state index is 11.9. The molecule has 0 fully saturated rings. The van der Waals surface area contributed by atoms with E-state index in [1.54, 1.807) is 0 Å². The van der Waals surface area contributed by atoms with Crippen LogP contribution in [0.4, 0.5) is 0 Å². The van der Waals surface area contributed by atoms with Gasteiger partial charge < -0.3 is 15.5 Å². The Bertz CT molecular complexity index is 641. The second-order valence-corrected chi connectivity index (χ2v) is 4.07. The van der Waals surface area contributed by atoms with Gasteiger partial charge in [-0.2, -0.15) is 0 Å². The summed E-state index contributed by atoms with van der Waals surface area (Å²) in [4.78, 5) is 26.2. The van der Waals surface area contributed by atoms with Gasteiger partial charge in [0.2, 0.25) is 5.88 Å². The lowest BCUT2D eigenvalue weighted by atomic mass is 10.1. The number of rotatable bonds is 4. The molecular formula is C14H12N2O4. The van der Waals surface area contributed by atoms with Crippen molar-refractivity contribution in [3.63, 3.8) is 0 Å². The van der Waals surface area contributed by atoms with Crippen LogP contribution in [0.25, 0.3) is 0 Å². The summed E-state index contributed by atoms with van der Waals surface area (Å²) in [5.41, 5.74) is 0.566. The van der Waals surface area contributed by atoms with Gasteiger partial charge in [-0.15, -0.1) is 0 Å². The van der Waals surface area contributed by atoms with Crippen LogP contribution < -0.4 is 5.32 Å². The van der Waals surface area contributed by atoms with Crippen molar-refractivity contribution in [3.05, 3.63) is 59.3 Å².